The molecule has 1 amide bonds. The van der Waals surface area contributed by atoms with E-state index in [0.29, 0.717) is 18.2 Å². The number of amides is 1. The third-order valence-electron chi connectivity index (χ3n) is 6.30. The van der Waals surface area contributed by atoms with E-state index in [-0.39, 0.29) is 12.3 Å². The number of para-hydroxylation sites is 1. The topological polar surface area (TPSA) is 84.7 Å². The number of nitrogens with zero attached hydrogens (tertiary/aromatic N) is 4. The number of fused-ring (bicyclic) bond motifs is 2. The van der Waals surface area contributed by atoms with Crippen molar-refractivity contribution in [1.82, 2.24) is 25.1 Å². The van der Waals surface area contributed by atoms with Crippen molar-refractivity contribution in [2.45, 2.75) is 13.0 Å². The monoisotopic (exact) mass is 484 g/mol. The Bertz CT molecular complexity index is 1690. The Kier molecular flexibility index (Phi) is 6.01. The molecule has 0 bridgehead atoms. The van der Waals surface area contributed by atoms with Crippen molar-refractivity contribution < 1.29 is 4.79 Å². The van der Waals surface area contributed by atoms with E-state index < -0.39 is 0 Å². The van der Waals surface area contributed by atoms with Gasteiger partial charge in [0, 0.05) is 29.7 Å². The number of benzene rings is 3. The lowest BCUT2D eigenvalue weighted by Crippen LogP contribution is -2.24. The minimum atomic E-state index is -0.0278. The van der Waals surface area contributed by atoms with E-state index in [1.165, 1.54) is 0 Å². The fourth-order valence-corrected chi connectivity index (χ4v) is 4.47. The summed E-state index contributed by atoms with van der Waals surface area (Å²) in [6, 6.07) is 31.7. The summed E-state index contributed by atoms with van der Waals surface area (Å²) < 4.78 is 1.97. The predicted octanol–water partition coefficient (Wildman–Crippen LogP) is 5.57. The smallest absolute Gasteiger partial charge is 0.224 e. The molecule has 0 saturated heterocycles. The highest BCUT2D eigenvalue weighted by molar-refractivity contribution is 5.93. The summed E-state index contributed by atoms with van der Waals surface area (Å²) in [7, 11) is 0. The molecule has 3 heterocycles. The van der Waals surface area contributed by atoms with Crippen molar-refractivity contribution >= 4 is 39.2 Å². The first-order valence-corrected chi connectivity index (χ1v) is 12.1. The molecule has 7 heteroatoms. The number of hydrogen-bond acceptors (Lipinski definition) is 5. The van der Waals surface area contributed by atoms with Gasteiger partial charge in [0.1, 0.15) is 5.82 Å². The van der Waals surface area contributed by atoms with E-state index in [4.69, 9.17) is 0 Å². The van der Waals surface area contributed by atoms with Crippen LogP contribution >= 0.6 is 0 Å². The summed E-state index contributed by atoms with van der Waals surface area (Å²) >= 11 is 0. The molecule has 6 rings (SSSR count). The van der Waals surface area contributed by atoms with Gasteiger partial charge in [0.15, 0.2) is 11.6 Å². The summed E-state index contributed by atoms with van der Waals surface area (Å²) in [4.78, 5) is 17.2. The van der Waals surface area contributed by atoms with Crippen molar-refractivity contribution in [2.75, 3.05) is 5.32 Å². The fraction of sp³-hybridized carbons (Fsp3) is 0.0667. The van der Waals surface area contributed by atoms with E-state index >= 15 is 0 Å². The molecule has 0 saturated carbocycles. The minimum Gasteiger partial charge on any atom is -0.352 e. The van der Waals surface area contributed by atoms with E-state index in [1.807, 2.05) is 108 Å². The van der Waals surface area contributed by atoms with Gasteiger partial charge < -0.3 is 10.6 Å². The first kappa shape index (κ1) is 22.4. The quantitative estimate of drug-likeness (QED) is 0.309. The second-order valence-corrected chi connectivity index (χ2v) is 8.76. The Labute approximate surface area is 213 Å². The number of anilines is 2. The van der Waals surface area contributed by atoms with Crippen LogP contribution in [0.3, 0.4) is 0 Å². The van der Waals surface area contributed by atoms with Gasteiger partial charge in [-0.15, -0.1) is 10.2 Å². The van der Waals surface area contributed by atoms with Crippen molar-refractivity contribution in [1.29, 1.82) is 0 Å². The molecule has 0 spiro atoms. The molecule has 0 fully saturated rings. The number of aromatic nitrogens is 4. The standard InChI is InChI=1S/C30H24N6O/c37-29(32-19-21-8-2-1-3-9-21)18-23-20-36(26-13-7-6-11-24(23)26)28-15-14-27(34-35-28)33-30-25-12-5-4-10-22(25)16-17-31-30/h1-17,20H,18-19H2,(H,32,37)(H,31,33,34). The molecular formula is C30H24N6O. The van der Waals surface area contributed by atoms with Crippen LogP contribution < -0.4 is 10.6 Å². The van der Waals surface area contributed by atoms with E-state index in [9.17, 15) is 4.79 Å². The summed E-state index contributed by atoms with van der Waals surface area (Å²) in [6.45, 7) is 0.504. The van der Waals surface area contributed by atoms with Crippen LogP contribution in [-0.2, 0) is 17.8 Å². The van der Waals surface area contributed by atoms with Gasteiger partial charge >= 0.3 is 0 Å². The molecule has 6 aromatic rings. The lowest BCUT2D eigenvalue weighted by atomic mass is 10.1. The lowest BCUT2D eigenvalue weighted by Gasteiger charge is -2.08. The third kappa shape index (κ3) is 4.75. The summed E-state index contributed by atoms with van der Waals surface area (Å²) in [5, 5.41) is 18.3. The molecule has 3 aromatic carbocycles. The van der Waals surface area contributed by atoms with Gasteiger partial charge in [-0.3, -0.25) is 9.36 Å². The number of nitrogens with one attached hydrogen (secondary N) is 2. The Hall–Kier alpha value is -5.04. The number of carbonyl (C=O) groups is 1. The zero-order valence-corrected chi connectivity index (χ0v) is 20.0. The van der Waals surface area contributed by atoms with Gasteiger partial charge in [-0.25, -0.2) is 4.98 Å². The van der Waals surface area contributed by atoms with Crippen LogP contribution in [0.5, 0.6) is 0 Å². The largest absolute Gasteiger partial charge is 0.352 e. The third-order valence-corrected chi connectivity index (χ3v) is 6.30. The Morgan fingerprint density at radius 2 is 1.57 bits per heavy atom. The zero-order chi connectivity index (χ0) is 25.0. The Morgan fingerprint density at radius 1 is 0.784 bits per heavy atom. The Balaban J connectivity index is 1.23. The first-order chi connectivity index (χ1) is 18.2. The molecule has 0 aliphatic carbocycles. The highest BCUT2D eigenvalue weighted by Gasteiger charge is 2.14. The molecule has 0 radical (unpaired) electrons. The molecule has 7 nitrogen and oxygen atoms in total. The fourth-order valence-electron chi connectivity index (χ4n) is 4.47. The van der Waals surface area contributed by atoms with Crippen LogP contribution in [0.1, 0.15) is 11.1 Å². The van der Waals surface area contributed by atoms with Crippen LogP contribution in [0.4, 0.5) is 11.6 Å². The SMILES string of the molecule is O=C(Cc1cn(-c2ccc(Nc3nccc4ccccc34)nn2)c2ccccc12)NCc1ccccc1. The van der Waals surface area contributed by atoms with Crippen molar-refractivity contribution in [3.8, 4) is 5.82 Å². The number of rotatable bonds is 7. The first-order valence-electron chi connectivity index (χ1n) is 12.1. The average Bonchev–Trinajstić information content (AvgIpc) is 3.31. The van der Waals surface area contributed by atoms with Gasteiger partial charge in [0.05, 0.1) is 11.9 Å². The molecular weight excluding hydrogens is 460 g/mol. The van der Waals surface area contributed by atoms with Gasteiger partial charge in [-0.2, -0.15) is 0 Å². The second-order valence-electron chi connectivity index (χ2n) is 8.76. The Morgan fingerprint density at radius 3 is 2.41 bits per heavy atom. The van der Waals surface area contributed by atoms with Crippen molar-refractivity contribution in [2.24, 2.45) is 0 Å². The van der Waals surface area contributed by atoms with E-state index in [1.54, 1.807) is 6.20 Å². The van der Waals surface area contributed by atoms with Crippen LogP contribution in [0.15, 0.2) is 109 Å². The van der Waals surface area contributed by atoms with Crippen LogP contribution in [0, 0.1) is 0 Å². The summed E-state index contributed by atoms with van der Waals surface area (Å²) in [6.07, 6.45) is 4.02. The maximum absolute atomic E-state index is 12.7. The minimum absolute atomic E-state index is 0.0278. The van der Waals surface area contributed by atoms with Crippen molar-refractivity contribution in [3.63, 3.8) is 0 Å². The van der Waals surface area contributed by atoms with Crippen LogP contribution in [-0.4, -0.2) is 25.7 Å². The predicted molar refractivity (Wildman–Crippen MR) is 146 cm³/mol. The summed E-state index contributed by atoms with van der Waals surface area (Å²) in [5.41, 5.74) is 2.98. The highest BCUT2D eigenvalue weighted by atomic mass is 16.1. The maximum Gasteiger partial charge on any atom is 0.224 e. The van der Waals surface area contributed by atoms with Crippen LogP contribution in [0.25, 0.3) is 27.5 Å². The molecule has 0 aliphatic heterocycles. The van der Waals surface area contributed by atoms with Gasteiger partial charge in [-0.05, 0) is 40.8 Å². The molecule has 2 N–H and O–H groups in total. The van der Waals surface area contributed by atoms with Gasteiger partial charge in [0.2, 0.25) is 5.91 Å². The molecule has 0 unspecified atom stereocenters. The number of carbonyl (C=O) groups excluding carboxylic acids is 1. The summed E-state index contributed by atoms with van der Waals surface area (Å²) in [5.74, 6) is 1.98. The molecule has 3 aromatic heterocycles. The number of hydrogen-bond donors (Lipinski definition) is 2. The lowest BCUT2D eigenvalue weighted by molar-refractivity contribution is -0.120. The van der Waals surface area contributed by atoms with E-state index in [2.05, 4.69) is 25.8 Å². The van der Waals surface area contributed by atoms with Gasteiger partial charge in [0.25, 0.3) is 0 Å². The highest BCUT2D eigenvalue weighted by Crippen LogP contribution is 2.26. The van der Waals surface area contributed by atoms with E-state index in [0.717, 1.165) is 38.6 Å². The number of pyridine rings is 1. The second kappa shape index (κ2) is 9.91. The van der Waals surface area contributed by atoms with Crippen LogP contribution in [0.2, 0.25) is 0 Å². The average molecular weight is 485 g/mol. The van der Waals surface area contributed by atoms with Gasteiger partial charge in [-0.1, -0.05) is 72.8 Å². The molecule has 180 valence electrons. The normalized spacial score (nSPS) is 11.0. The van der Waals surface area contributed by atoms with Crippen molar-refractivity contribution in [3.05, 3.63) is 121 Å². The molecule has 37 heavy (non-hydrogen) atoms. The zero-order valence-electron chi connectivity index (χ0n) is 20.0. The molecule has 0 atom stereocenters. The molecule has 0 aliphatic rings. The maximum atomic E-state index is 12.7.